The lowest BCUT2D eigenvalue weighted by molar-refractivity contribution is 0.602. The third-order valence-electron chi connectivity index (χ3n) is 2.87. The van der Waals surface area contributed by atoms with E-state index in [1.807, 2.05) is 13.8 Å². The van der Waals surface area contributed by atoms with Crippen molar-refractivity contribution in [1.82, 2.24) is 9.55 Å². The lowest BCUT2D eigenvalue weighted by atomic mass is 10.1. The minimum atomic E-state index is -0.531. The Balaban J connectivity index is 2.64. The van der Waals surface area contributed by atoms with E-state index in [1.165, 1.54) is 0 Å². The van der Waals surface area contributed by atoms with E-state index in [4.69, 9.17) is 5.73 Å². The second-order valence-corrected chi connectivity index (χ2v) is 4.54. The summed E-state index contributed by atoms with van der Waals surface area (Å²) < 4.78 is 28.6. The standard InChI is InChI=1S/C13H15F2N3/c1-7(2)13-17-11(12(16)18(13)3)9-6-8(14)4-5-10(9)15/h4-7H,16H2,1-3H3. The minimum Gasteiger partial charge on any atom is -0.383 e. The maximum absolute atomic E-state index is 13.7. The van der Waals surface area contributed by atoms with Gasteiger partial charge in [-0.05, 0) is 18.2 Å². The molecule has 18 heavy (non-hydrogen) atoms. The van der Waals surface area contributed by atoms with Crippen molar-refractivity contribution in [2.75, 3.05) is 5.73 Å². The molecule has 0 saturated heterocycles. The molecule has 96 valence electrons. The maximum atomic E-state index is 13.7. The highest BCUT2D eigenvalue weighted by Gasteiger charge is 2.18. The second-order valence-electron chi connectivity index (χ2n) is 4.54. The molecule has 0 atom stereocenters. The first-order chi connectivity index (χ1) is 8.41. The zero-order valence-corrected chi connectivity index (χ0v) is 10.5. The number of rotatable bonds is 2. The fourth-order valence-electron chi connectivity index (χ4n) is 1.92. The third kappa shape index (κ3) is 1.96. The summed E-state index contributed by atoms with van der Waals surface area (Å²) in [5.74, 6) is 0.191. The number of halogens is 2. The zero-order valence-electron chi connectivity index (χ0n) is 10.5. The summed E-state index contributed by atoms with van der Waals surface area (Å²) >= 11 is 0. The number of anilines is 1. The van der Waals surface area contributed by atoms with Crippen LogP contribution in [0.25, 0.3) is 11.3 Å². The first-order valence-corrected chi connectivity index (χ1v) is 5.69. The number of aromatic nitrogens is 2. The number of nitrogens with two attached hydrogens (primary N) is 1. The van der Waals surface area contributed by atoms with Gasteiger partial charge >= 0.3 is 0 Å². The van der Waals surface area contributed by atoms with E-state index >= 15 is 0 Å². The van der Waals surface area contributed by atoms with Crippen molar-refractivity contribution in [3.8, 4) is 11.3 Å². The average molecular weight is 251 g/mol. The highest BCUT2D eigenvalue weighted by atomic mass is 19.1. The third-order valence-corrected chi connectivity index (χ3v) is 2.87. The van der Waals surface area contributed by atoms with E-state index in [-0.39, 0.29) is 11.5 Å². The Morgan fingerprint density at radius 2 is 1.94 bits per heavy atom. The molecule has 0 unspecified atom stereocenters. The molecule has 2 rings (SSSR count). The lowest BCUT2D eigenvalue weighted by Crippen LogP contribution is -2.03. The molecule has 0 spiro atoms. The molecule has 2 N–H and O–H groups in total. The predicted octanol–water partition coefficient (Wildman–Crippen LogP) is 3.07. The van der Waals surface area contributed by atoms with E-state index in [9.17, 15) is 8.78 Å². The first kappa shape index (κ1) is 12.5. The van der Waals surface area contributed by atoms with Crippen molar-refractivity contribution in [2.24, 2.45) is 7.05 Å². The van der Waals surface area contributed by atoms with E-state index in [0.29, 0.717) is 11.5 Å². The van der Waals surface area contributed by atoms with Gasteiger partial charge in [0.15, 0.2) is 0 Å². The number of nitrogen functional groups attached to an aromatic ring is 1. The van der Waals surface area contributed by atoms with Gasteiger partial charge in [-0.3, -0.25) is 0 Å². The van der Waals surface area contributed by atoms with Crippen LogP contribution in [0.3, 0.4) is 0 Å². The number of hydrogen-bond donors (Lipinski definition) is 1. The summed E-state index contributed by atoms with van der Waals surface area (Å²) in [7, 11) is 1.76. The Bertz CT molecular complexity index is 588. The summed E-state index contributed by atoms with van der Waals surface area (Å²) in [6.07, 6.45) is 0. The summed E-state index contributed by atoms with van der Waals surface area (Å²) in [5.41, 5.74) is 6.29. The van der Waals surface area contributed by atoms with Crippen LogP contribution in [0.15, 0.2) is 18.2 Å². The molecule has 1 aromatic carbocycles. The monoisotopic (exact) mass is 251 g/mol. The van der Waals surface area contributed by atoms with E-state index in [2.05, 4.69) is 4.98 Å². The maximum Gasteiger partial charge on any atom is 0.132 e. The van der Waals surface area contributed by atoms with Gasteiger partial charge in [-0.2, -0.15) is 0 Å². The Morgan fingerprint density at radius 3 is 2.50 bits per heavy atom. The largest absolute Gasteiger partial charge is 0.383 e. The lowest BCUT2D eigenvalue weighted by Gasteiger charge is -2.04. The van der Waals surface area contributed by atoms with Crippen LogP contribution >= 0.6 is 0 Å². The molecule has 0 radical (unpaired) electrons. The molecule has 3 nitrogen and oxygen atoms in total. The minimum absolute atomic E-state index is 0.0926. The second kappa shape index (κ2) is 4.40. The van der Waals surface area contributed by atoms with Gasteiger partial charge in [0.2, 0.25) is 0 Å². The molecule has 0 fully saturated rings. The van der Waals surface area contributed by atoms with Crippen LogP contribution in [0.5, 0.6) is 0 Å². The van der Waals surface area contributed by atoms with Crippen LogP contribution < -0.4 is 5.73 Å². The molecule has 2 aromatic rings. The van der Waals surface area contributed by atoms with Gasteiger partial charge in [0.25, 0.3) is 0 Å². The van der Waals surface area contributed by atoms with Crippen LogP contribution in [-0.2, 0) is 7.05 Å². The summed E-state index contributed by atoms with van der Waals surface area (Å²) in [6.45, 7) is 3.93. The van der Waals surface area contributed by atoms with Crippen molar-refractivity contribution < 1.29 is 8.78 Å². The molecule has 0 saturated carbocycles. The SMILES string of the molecule is CC(C)c1nc(-c2cc(F)ccc2F)c(N)n1C. The number of nitrogens with zero attached hydrogens (tertiary/aromatic N) is 2. The van der Waals surface area contributed by atoms with Gasteiger partial charge in [0.1, 0.15) is 29.0 Å². The smallest absolute Gasteiger partial charge is 0.132 e. The van der Waals surface area contributed by atoms with Gasteiger partial charge in [-0.15, -0.1) is 0 Å². The average Bonchev–Trinajstić information content (AvgIpc) is 2.60. The molecule has 1 aromatic heterocycles. The highest BCUT2D eigenvalue weighted by Crippen LogP contribution is 2.30. The Labute approximate surface area is 104 Å². The van der Waals surface area contributed by atoms with Crippen molar-refractivity contribution in [2.45, 2.75) is 19.8 Å². The van der Waals surface area contributed by atoms with Crippen LogP contribution in [-0.4, -0.2) is 9.55 Å². The topological polar surface area (TPSA) is 43.8 Å². The van der Waals surface area contributed by atoms with E-state index < -0.39 is 11.6 Å². The molecule has 1 heterocycles. The molecule has 0 aliphatic heterocycles. The van der Waals surface area contributed by atoms with Gasteiger partial charge < -0.3 is 10.3 Å². The Morgan fingerprint density at radius 1 is 1.28 bits per heavy atom. The van der Waals surface area contributed by atoms with Crippen LogP contribution in [0, 0.1) is 11.6 Å². The van der Waals surface area contributed by atoms with Crippen LogP contribution in [0.1, 0.15) is 25.6 Å². The zero-order chi connectivity index (χ0) is 13.4. The van der Waals surface area contributed by atoms with Gasteiger partial charge in [0, 0.05) is 18.5 Å². The summed E-state index contributed by atoms with van der Waals surface area (Å²) in [5, 5.41) is 0. The van der Waals surface area contributed by atoms with Gasteiger partial charge in [0.05, 0.1) is 0 Å². The predicted molar refractivity (Wildman–Crippen MR) is 67.1 cm³/mol. The molecule has 0 aliphatic rings. The van der Waals surface area contributed by atoms with Crippen LogP contribution in [0.2, 0.25) is 0 Å². The van der Waals surface area contributed by atoms with E-state index in [1.54, 1.807) is 11.6 Å². The van der Waals surface area contributed by atoms with E-state index in [0.717, 1.165) is 24.0 Å². The molecule has 0 aliphatic carbocycles. The van der Waals surface area contributed by atoms with Crippen molar-refractivity contribution >= 4 is 5.82 Å². The van der Waals surface area contributed by atoms with Gasteiger partial charge in [-0.25, -0.2) is 13.8 Å². The van der Waals surface area contributed by atoms with Crippen molar-refractivity contribution in [3.05, 3.63) is 35.7 Å². The molecular weight excluding hydrogens is 236 g/mol. The summed E-state index contributed by atoms with van der Waals surface area (Å²) in [6, 6.07) is 3.26. The number of imidazole rings is 1. The Kier molecular flexibility index (Phi) is 3.07. The molecular formula is C13H15F2N3. The fourth-order valence-corrected chi connectivity index (χ4v) is 1.92. The first-order valence-electron chi connectivity index (χ1n) is 5.69. The summed E-state index contributed by atoms with van der Waals surface area (Å²) in [4.78, 5) is 4.31. The number of hydrogen-bond acceptors (Lipinski definition) is 2. The molecule has 0 bridgehead atoms. The normalized spacial score (nSPS) is 11.2. The molecule has 0 amide bonds. The quantitative estimate of drug-likeness (QED) is 0.891. The highest BCUT2D eigenvalue weighted by molar-refractivity contribution is 5.71. The van der Waals surface area contributed by atoms with Gasteiger partial charge in [-0.1, -0.05) is 13.8 Å². The van der Waals surface area contributed by atoms with Crippen molar-refractivity contribution in [3.63, 3.8) is 0 Å². The Hall–Kier alpha value is -1.91. The van der Waals surface area contributed by atoms with Crippen LogP contribution in [0.4, 0.5) is 14.6 Å². The number of benzene rings is 1. The van der Waals surface area contributed by atoms with Crippen molar-refractivity contribution in [1.29, 1.82) is 0 Å². The fraction of sp³-hybridized carbons (Fsp3) is 0.308. The molecule has 5 heteroatoms.